The van der Waals surface area contributed by atoms with E-state index in [0.717, 1.165) is 19.3 Å². The van der Waals surface area contributed by atoms with Crippen LogP contribution in [-0.2, 0) is 0 Å². The number of halogens is 1. The van der Waals surface area contributed by atoms with Gasteiger partial charge in [-0.2, -0.15) is 0 Å². The van der Waals surface area contributed by atoms with Crippen LogP contribution in [0, 0.1) is 10.1 Å². The molecule has 0 bridgehead atoms. The molecule has 0 unspecified atom stereocenters. The van der Waals surface area contributed by atoms with Crippen molar-refractivity contribution < 1.29 is 9.72 Å². The second-order valence-corrected chi connectivity index (χ2v) is 4.43. The lowest BCUT2D eigenvalue weighted by atomic mass is 9.93. The number of nitrogens with one attached hydrogen (secondary N) is 1. The van der Waals surface area contributed by atoms with E-state index in [9.17, 15) is 14.9 Å². The van der Waals surface area contributed by atoms with Crippen LogP contribution in [-0.4, -0.2) is 16.9 Å². The Labute approximate surface area is 103 Å². The molecule has 6 heteroatoms. The Bertz CT molecular complexity index is 472. The van der Waals surface area contributed by atoms with Gasteiger partial charge in [-0.3, -0.25) is 14.9 Å². The average molecular weight is 255 g/mol. The van der Waals surface area contributed by atoms with Crippen LogP contribution in [0.1, 0.15) is 29.6 Å². The maximum absolute atomic E-state index is 11.7. The summed E-state index contributed by atoms with van der Waals surface area (Å²) < 4.78 is 0. The number of nitrogens with zero attached hydrogens (tertiary/aromatic N) is 1. The normalized spacial score (nSPS) is 15.1. The quantitative estimate of drug-likeness (QED) is 0.665. The Morgan fingerprint density at radius 1 is 1.47 bits per heavy atom. The highest BCUT2D eigenvalue weighted by Crippen LogP contribution is 2.25. The molecule has 90 valence electrons. The Morgan fingerprint density at radius 2 is 2.18 bits per heavy atom. The topological polar surface area (TPSA) is 72.2 Å². The highest BCUT2D eigenvalue weighted by Gasteiger charge is 2.21. The molecule has 0 aromatic heterocycles. The highest BCUT2D eigenvalue weighted by atomic mass is 35.5. The molecule has 0 heterocycles. The molecule has 2 rings (SSSR count). The second kappa shape index (κ2) is 4.71. The van der Waals surface area contributed by atoms with Gasteiger partial charge in [-0.05, 0) is 31.4 Å². The molecule has 1 aliphatic carbocycles. The number of benzene rings is 1. The molecule has 0 radical (unpaired) electrons. The fourth-order valence-corrected chi connectivity index (χ4v) is 1.87. The second-order valence-electron chi connectivity index (χ2n) is 4.02. The summed E-state index contributed by atoms with van der Waals surface area (Å²) in [5, 5.41) is 13.4. The molecular weight excluding hydrogens is 244 g/mol. The Kier molecular flexibility index (Phi) is 3.28. The molecule has 17 heavy (non-hydrogen) atoms. The van der Waals surface area contributed by atoms with E-state index in [1.54, 1.807) is 0 Å². The lowest BCUT2D eigenvalue weighted by Gasteiger charge is -2.26. The van der Waals surface area contributed by atoms with Gasteiger partial charge < -0.3 is 5.32 Å². The number of amides is 1. The summed E-state index contributed by atoms with van der Waals surface area (Å²) in [6, 6.07) is 4.22. The standard InChI is InChI=1S/C11H11ClN2O3/c12-9-6-7(4-5-10(9)14(16)17)11(15)13-8-2-1-3-8/h4-6,8H,1-3H2,(H,13,15). The Morgan fingerprint density at radius 3 is 2.65 bits per heavy atom. The van der Waals surface area contributed by atoms with Crippen molar-refractivity contribution in [3.63, 3.8) is 0 Å². The van der Waals surface area contributed by atoms with Gasteiger partial charge in [0.2, 0.25) is 0 Å². The first kappa shape index (κ1) is 11.9. The molecular formula is C11H11ClN2O3. The first-order valence-electron chi connectivity index (χ1n) is 5.33. The van der Waals surface area contributed by atoms with E-state index >= 15 is 0 Å². The molecule has 0 saturated heterocycles. The number of hydrogen-bond acceptors (Lipinski definition) is 3. The smallest absolute Gasteiger partial charge is 0.287 e. The van der Waals surface area contributed by atoms with Gasteiger partial charge in [-0.1, -0.05) is 11.6 Å². The number of hydrogen-bond donors (Lipinski definition) is 1. The van der Waals surface area contributed by atoms with Gasteiger partial charge in [0, 0.05) is 17.7 Å². The zero-order valence-corrected chi connectivity index (χ0v) is 9.74. The Hall–Kier alpha value is -1.62. The van der Waals surface area contributed by atoms with Gasteiger partial charge in [-0.25, -0.2) is 0 Å². The third kappa shape index (κ3) is 2.55. The van der Waals surface area contributed by atoms with Crippen LogP contribution < -0.4 is 5.32 Å². The van der Waals surface area contributed by atoms with Crippen molar-refractivity contribution in [1.82, 2.24) is 5.32 Å². The molecule has 0 atom stereocenters. The number of nitro groups is 1. The van der Waals surface area contributed by atoms with Gasteiger partial charge >= 0.3 is 0 Å². The predicted octanol–water partition coefficient (Wildman–Crippen LogP) is 2.53. The van der Waals surface area contributed by atoms with Gasteiger partial charge in [0.1, 0.15) is 5.02 Å². The minimum absolute atomic E-state index is 0.0174. The fraction of sp³-hybridized carbons (Fsp3) is 0.364. The van der Waals surface area contributed by atoms with E-state index in [4.69, 9.17) is 11.6 Å². The molecule has 1 fully saturated rings. The molecule has 1 N–H and O–H groups in total. The predicted molar refractivity (Wildman–Crippen MR) is 63.2 cm³/mol. The average Bonchev–Trinajstić information content (AvgIpc) is 2.22. The molecule has 1 aromatic rings. The third-order valence-corrected chi connectivity index (χ3v) is 3.15. The minimum Gasteiger partial charge on any atom is -0.349 e. The van der Waals surface area contributed by atoms with Crippen LogP contribution in [0.5, 0.6) is 0 Å². The summed E-state index contributed by atoms with van der Waals surface area (Å²) in [6.45, 7) is 0. The summed E-state index contributed by atoms with van der Waals surface area (Å²) in [4.78, 5) is 21.7. The van der Waals surface area contributed by atoms with E-state index in [-0.39, 0.29) is 22.7 Å². The summed E-state index contributed by atoms with van der Waals surface area (Å²) in [6.07, 6.45) is 3.12. The van der Waals surface area contributed by atoms with Crippen molar-refractivity contribution >= 4 is 23.2 Å². The SMILES string of the molecule is O=C(NC1CCC1)c1ccc([N+](=O)[O-])c(Cl)c1. The van der Waals surface area contributed by atoms with Crippen molar-refractivity contribution in [2.75, 3.05) is 0 Å². The maximum Gasteiger partial charge on any atom is 0.287 e. The summed E-state index contributed by atoms with van der Waals surface area (Å²) in [7, 11) is 0. The molecule has 0 aliphatic heterocycles. The van der Waals surface area contributed by atoms with Gasteiger partial charge in [0.15, 0.2) is 0 Å². The van der Waals surface area contributed by atoms with Crippen molar-refractivity contribution in [2.24, 2.45) is 0 Å². The molecule has 1 amide bonds. The van der Waals surface area contributed by atoms with Crippen molar-refractivity contribution in [1.29, 1.82) is 0 Å². The highest BCUT2D eigenvalue weighted by molar-refractivity contribution is 6.33. The number of carbonyl (C=O) groups is 1. The maximum atomic E-state index is 11.7. The van der Waals surface area contributed by atoms with Crippen LogP contribution in [0.25, 0.3) is 0 Å². The van der Waals surface area contributed by atoms with Crippen LogP contribution in [0.2, 0.25) is 5.02 Å². The van der Waals surface area contributed by atoms with Gasteiger partial charge in [0.25, 0.3) is 11.6 Å². The molecule has 5 nitrogen and oxygen atoms in total. The van der Waals surface area contributed by atoms with Crippen LogP contribution >= 0.6 is 11.6 Å². The number of nitro benzene ring substituents is 1. The third-order valence-electron chi connectivity index (χ3n) is 2.85. The van der Waals surface area contributed by atoms with Crippen LogP contribution in [0.15, 0.2) is 18.2 Å². The van der Waals surface area contributed by atoms with E-state index in [2.05, 4.69) is 5.32 Å². The van der Waals surface area contributed by atoms with Crippen LogP contribution in [0.4, 0.5) is 5.69 Å². The fourth-order valence-electron chi connectivity index (χ4n) is 1.62. The largest absolute Gasteiger partial charge is 0.349 e. The molecule has 1 saturated carbocycles. The molecule has 0 spiro atoms. The first-order chi connectivity index (χ1) is 8.08. The first-order valence-corrected chi connectivity index (χ1v) is 5.70. The lowest BCUT2D eigenvalue weighted by Crippen LogP contribution is -2.39. The van der Waals surface area contributed by atoms with E-state index in [1.807, 2.05) is 0 Å². The number of rotatable bonds is 3. The van der Waals surface area contributed by atoms with Crippen molar-refractivity contribution in [2.45, 2.75) is 25.3 Å². The van der Waals surface area contributed by atoms with Crippen molar-refractivity contribution in [3.05, 3.63) is 38.9 Å². The monoisotopic (exact) mass is 254 g/mol. The molecule has 1 aliphatic rings. The van der Waals surface area contributed by atoms with E-state index < -0.39 is 4.92 Å². The number of carbonyl (C=O) groups excluding carboxylic acids is 1. The van der Waals surface area contributed by atoms with Gasteiger partial charge in [0.05, 0.1) is 4.92 Å². The Balaban J connectivity index is 2.13. The minimum atomic E-state index is -0.573. The zero-order valence-electron chi connectivity index (χ0n) is 8.98. The molecule has 1 aromatic carbocycles. The van der Waals surface area contributed by atoms with E-state index in [1.165, 1.54) is 18.2 Å². The van der Waals surface area contributed by atoms with Gasteiger partial charge in [-0.15, -0.1) is 0 Å². The zero-order chi connectivity index (χ0) is 12.4. The summed E-state index contributed by atoms with van der Waals surface area (Å²) >= 11 is 5.73. The van der Waals surface area contributed by atoms with Crippen LogP contribution in [0.3, 0.4) is 0 Å². The lowest BCUT2D eigenvalue weighted by molar-refractivity contribution is -0.384. The summed E-state index contributed by atoms with van der Waals surface area (Å²) in [5.74, 6) is -0.230. The van der Waals surface area contributed by atoms with E-state index in [0.29, 0.717) is 5.56 Å². The van der Waals surface area contributed by atoms with Crippen molar-refractivity contribution in [3.8, 4) is 0 Å². The summed E-state index contributed by atoms with van der Waals surface area (Å²) in [5.41, 5.74) is 0.166.